The van der Waals surface area contributed by atoms with Crippen LogP contribution in [0.3, 0.4) is 0 Å². The molecule has 0 amide bonds. The fraction of sp³-hybridized carbons (Fsp3) is 1.00. The molecule has 0 aliphatic carbocycles. The van der Waals surface area contributed by atoms with Crippen LogP contribution in [0, 0.1) is 0 Å². The average Bonchev–Trinajstić information content (AvgIpc) is 2.11. The zero-order valence-corrected chi connectivity index (χ0v) is 11.1. The molecule has 0 bridgehead atoms. The minimum Gasteiger partial charge on any atom is -0.302 e. The molecule has 0 radical (unpaired) electrons. The van der Waals surface area contributed by atoms with Crippen LogP contribution in [-0.4, -0.2) is 12.3 Å². The van der Waals surface area contributed by atoms with E-state index < -0.39 is 7.68 Å². The second-order valence-electron chi connectivity index (χ2n) is 4.08. The molecule has 92 valence electrons. The zero-order chi connectivity index (χ0) is 11.7. The van der Waals surface area contributed by atoms with E-state index in [1.54, 1.807) is 6.92 Å². The predicted molar refractivity (Wildman–Crippen MR) is 63.2 cm³/mol. The Bertz CT molecular complexity index is 197. The molecule has 0 aromatic rings. The molecule has 2 unspecified atom stereocenters. The zero-order valence-electron chi connectivity index (χ0n) is 10.2. The van der Waals surface area contributed by atoms with Gasteiger partial charge in [0.1, 0.15) is 0 Å². The molecule has 0 rings (SSSR count). The van der Waals surface area contributed by atoms with Gasteiger partial charge in [-0.1, -0.05) is 39.5 Å². The second-order valence-corrected chi connectivity index (χ2v) is 5.92. The number of halogens is 1. The van der Waals surface area contributed by atoms with Gasteiger partial charge in [0.25, 0.3) is 0 Å². The Kier molecular flexibility index (Phi) is 8.36. The van der Waals surface area contributed by atoms with Gasteiger partial charge in [0.2, 0.25) is 0 Å². The van der Waals surface area contributed by atoms with Crippen molar-refractivity contribution in [3.8, 4) is 0 Å². The smallest absolute Gasteiger partial charge is 0.302 e. The normalized spacial score (nSPS) is 17.3. The van der Waals surface area contributed by atoms with E-state index in [0.717, 1.165) is 19.3 Å². The van der Waals surface area contributed by atoms with Crippen LogP contribution in [0.2, 0.25) is 0 Å². The summed E-state index contributed by atoms with van der Waals surface area (Å²) < 4.78 is 29.4. The molecule has 2 atom stereocenters. The van der Waals surface area contributed by atoms with Gasteiger partial charge < -0.3 is 4.52 Å². The minimum absolute atomic E-state index is 0.0479. The fourth-order valence-electron chi connectivity index (χ4n) is 1.50. The largest absolute Gasteiger partial charge is 0.367 e. The van der Waals surface area contributed by atoms with Gasteiger partial charge in [-0.15, -0.1) is 0 Å². The average molecular weight is 238 g/mol. The third-order valence-electron chi connectivity index (χ3n) is 2.29. The Morgan fingerprint density at radius 3 is 2.40 bits per heavy atom. The lowest BCUT2D eigenvalue weighted by Gasteiger charge is -2.15. The third-order valence-corrected chi connectivity index (χ3v) is 3.95. The summed E-state index contributed by atoms with van der Waals surface area (Å²) in [6, 6.07) is 0. The van der Waals surface area contributed by atoms with Gasteiger partial charge in [-0.3, -0.25) is 4.57 Å². The van der Waals surface area contributed by atoms with Crippen LogP contribution in [-0.2, 0) is 9.09 Å². The van der Waals surface area contributed by atoms with Crippen LogP contribution in [0.1, 0.15) is 59.3 Å². The Morgan fingerprint density at radius 2 is 1.87 bits per heavy atom. The fourth-order valence-corrected chi connectivity index (χ4v) is 2.78. The molecule has 0 heterocycles. The molecule has 0 saturated heterocycles. The van der Waals surface area contributed by atoms with Crippen molar-refractivity contribution in [2.75, 3.05) is 6.16 Å². The summed E-state index contributed by atoms with van der Waals surface area (Å²) >= 11 is 0. The molecule has 15 heavy (non-hydrogen) atoms. The molecule has 0 aliphatic rings. The maximum absolute atomic E-state index is 13.2. The lowest BCUT2D eigenvalue weighted by Crippen LogP contribution is -2.06. The summed E-state index contributed by atoms with van der Waals surface area (Å²) in [5.74, 6) is 0. The Hall–Kier alpha value is 0.120. The summed E-state index contributed by atoms with van der Waals surface area (Å²) in [6.45, 7) is 5.76. The summed E-state index contributed by atoms with van der Waals surface area (Å²) in [4.78, 5) is 0. The van der Waals surface area contributed by atoms with Crippen molar-refractivity contribution in [1.29, 1.82) is 0 Å². The molecule has 4 heteroatoms. The number of hydrogen-bond acceptors (Lipinski definition) is 2. The summed E-state index contributed by atoms with van der Waals surface area (Å²) in [7, 11) is -3.80. The van der Waals surface area contributed by atoms with E-state index in [9.17, 15) is 8.76 Å². The predicted octanol–water partition coefficient (Wildman–Crippen LogP) is 4.93. The molecule has 0 aromatic carbocycles. The van der Waals surface area contributed by atoms with Gasteiger partial charge in [-0.05, 0) is 19.8 Å². The lowest BCUT2D eigenvalue weighted by atomic mass is 10.1. The minimum atomic E-state index is -3.80. The standard InChI is InChI=1S/C11H24FO2P/c1-4-6-7-8-9-11(3)14-15(12,13)10-5-2/h11H,4-10H2,1-3H3. The topological polar surface area (TPSA) is 26.3 Å². The Labute approximate surface area is 93.2 Å². The summed E-state index contributed by atoms with van der Waals surface area (Å²) in [5.41, 5.74) is 0. The molecule has 0 fully saturated rings. The van der Waals surface area contributed by atoms with E-state index in [4.69, 9.17) is 4.52 Å². The Balaban J connectivity index is 3.63. The van der Waals surface area contributed by atoms with E-state index in [-0.39, 0.29) is 12.3 Å². The van der Waals surface area contributed by atoms with Crippen molar-refractivity contribution in [1.82, 2.24) is 0 Å². The monoisotopic (exact) mass is 238 g/mol. The first-order valence-electron chi connectivity index (χ1n) is 5.99. The van der Waals surface area contributed by atoms with Crippen LogP contribution in [0.4, 0.5) is 4.20 Å². The van der Waals surface area contributed by atoms with Crippen LogP contribution >= 0.6 is 7.68 Å². The van der Waals surface area contributed by atoms with Crippen molar-refractivity contribution in [3.63, 3.8) is 0 Å². The van der Waals surface area contributed by atoms with Gasteiger partial charge in [0, 0.05) is 0 Å². The van der Waals surface area contributed by atoms with Gasteiger partial charge >= 0.3 is 7.68 Å². The molecule has 0 spiro atoms. The van der Waals surface area contributed by atoms with Crippen molar-refractivity contribution in [2.45, 2.75) is 65.4 Å². The molecule has 0 saturated carbocycles. The highest BCUT2D eigenvalue weighted by Crippen LogP contribution is 2.50. The van der Waals surface area contributed by atoms with E-state index in [1.165, 1.54) is 12.8 Å². The number of rotatable bonds is 9. The van der Waals surface area contributed by atoms with Crippen LogP contribution in [0.15, 0.2) is 0 Å². The van der Waals surface area contributed by atoms with E-state index in [1.807, 2.05) is 6.92 Å². The van der Waals surface area contributed by atoms with Gasteiger partial charge in [0.05, 0.1) is 12.3 Å². The maximum atomic E-state index is 13.2. The van der Waals surface area contributed by atoms with Crippen LogP contribution < -0.4 is 0 Å². The molecular formula is C11H24FO2P. The first kappa shape index (κ1) is 15.1. The summed E-state index contributed by atoms with van der Waals surface area (Å²) in [6.07, 6.45) is 5.77. The van der Waals surface area contributed by atoms with Gasteiger partial charge in [-0.2, -0.15) is 4.20 Å². The maximum Gasteiger partial charge on any atom is 0.367 e. The van der Waals surface area contributed by atoms with E-state index in [2.05, 4.69) is 6.92 Å². The lowest BCUT2D eigenvalue weighted by molar-refractivity contribution is 0.192. The van der Waals surface area contributed by atoms with Crippen molar-refractivity contribution in [3.05, 3.63) is 0 Å². The van der Waals surface area contributed by atoms with E-state index in [0.29, 0.717) is 6.42 Å². The SMILES string of the molecule is CCCCCCC(C)OP(=O)(F)CCC. The third kappa shape index (κ3) is 9.07. The van der Waals surface area contributed by atoms with Gasteiger partial charge in [0.15, 0.2) is 0 Å². The highest BCUT2D eigenvalue weighted by Gasteiger charge is 2.23. The highest BCUT2D eigenvalue weighted by molar-refractivity contribution is 7.53. The molecular weight excluding hydrogens is 214 g/mol. The molecule has 2 nitrogen and oxygen atoms in total. The first-order valence-corrected chi connectivity index (χ1v) is 7.69. The van der Waals surface area contributed by atoms with Gasteiger partial charge in [-0.25, -0.2) is 0 Å². The van der Waals surface area contributed by atoms with E-state index >= 15 is 0 Å². The molecule has 0 aliphatic heterocycles. The molecule has 0 aromatic heterocycles. The molecule has 0 N–H and O–H groups in total. The Morgan fingerprint density at radius 1 is 1.20 bits per heavy atom. The van der Waals surface area contributed by atoms with Crippen molar-refractivity contribution < 1.29 is 13.3 Å². The first-order chi connectivity index (χ1) is 7.02. The van der Waals surface area contributed by atoms with Crippen LogP contribution in [0.25, 0.3) is 0 Å². The second kappa shape index (κ2) is 8.29. The van der Waals surface area contributed by atoms with Crippen molar-refractivity contribution in [2.24, 2.45) is 0 Å². The summed E-state index contributed by atoms with van der Waals surface area (Å²) in [5, 5.41) is 0. The quantitative estimate of drug-likeness (QED) is 0.420. The van der Waals surface area contributed by atoms with Crippen molar-refractivity contribution >= 4 is 7.68 Å². The van der Waals surface area contributed by atoms with Crippen LogP contribution in [0.5, 0.6) is 0 Å². The number of hydrogen-bond donors (Lipinski definition) is 0. The number of unbranched alkanes of at least 4 members (excludes halogenated alkanes) is 3. The highest BCUT2D eigenvalue weighted by atomic mass is 31.2.